The third-order valence-electron chi connectivity index (χ3n) is 5.51. The summed E-state index contributed by atoms with van der Waals surface area (Å²) in [5.74, 6) is 1.00. The number of hydrogen-bond donors (Lipinski definition) is 2. The summed E-state index contributed by atoms with van der Waals surface area (Å²) in [7, 11) is 0. The van der Waals surface area contributed by atoms with Gasteiger partial charge in [0.2, 0.25) is 5.91 Å². The van der Waals surface area contributed by atoms with Crippen LogP contribution in [0.3, 0.4) is 0 Å². The molecule has 1 amide bonds. The second-order valence-electron chi connectivity index (χ2n) is 6.94. The van der Waals surface area contributed by atoms with Crippen LogP contribution in [0.15, 0.2) is 0 Å². The van der Waals surface area contributed by atoms with Crippen molar-refractivity contribution in [1.29, 1.82) is 0 Å². The average Bonchev–Trinajstić information content (AvgIpc) is 2.91. The Labute approximate surface area is 122 Å². The maximum atomic E-state index is 12.4. The number of rotatable bonds is 3. The molecule has 3 fully saturated rings. The zero-order chi connectivity index (χ0) is 13.9. The van der Waals surface area contributed by atoms with Crippen molar-refractivity contribution in [3.8, 4) is 0 Å². The molecule has 2 heterocycles. The van der Waals surface area contributed by atoms with Crippen molar-refractivity contribution < 1.29 is 4.79 Å². The lowest BCUT2D eigenvalue weighted by Gasteiger charge is -2.28. The maximum absolute atomic E-state index is 12.4. The lowest BCUT2D eigenvalue weighted by atomic mass is 9.94. The lowest BCUT2D eigenvalue weighted by Crippen LogP contribution is -2.48. The summed E-state index contributed by atoms with van der Waals surface area (Å²) in [5.41, 5.74) is 0. The first-order valence-electron chi connectivity index (χ1n) is 8.52. The van der Waals surface area contributed by atoms with Gasteiger partial charge < -0.3 is 10.6 Å². The molecular formula is C16H29N3O. The van der Waals surface area contributed by atoms with Gasteiger partial charge in [-0.2, -0.15) is 0 Å². The van der Waals surface area contributed by atoms with E-state index in [-0.39, 0.29) is 11.9 Å². The molecule has 20 heavy (non-hydrogen) atoms. The van der Waals surface area contributed by atoms with Crippen LogP contribution in [-0.4, -0.2) is 48.6 Å². The second-order valence-corrected chi connectivity index (χ2v) is 6.94. The minimum atomic E-state index is 0.0318. The van der Waals surface area contributed by atoms with Crippen LogP contribution in [0.1, 0.15) is 51.9 Å². The Balaban J connectivity index is 1.50. The second kappa shape index (κ2) is 6.44. The van der Waals surface area contributed by atoms with Crippen molar-refractivity contribution in [3.05, 3.63) is 0 Å². The van der Waals surface area contributed by atoms with Gasteiger partial charge in [-0.15, -0.1) is 0 Å². The standard InChI is InChI=1S/C16H29N3O/c1-12(16(20)18-14-7-3-2-4-8-14)19-10-13-6-5-9-17-15(13)11-19/h12-15,17H,2-11H2,1H3,(H,18,20). The molecule has 1 aliphatic carbocycles. The Hall–Kier alpha value is -0.610. The number of likely N-dealkylation sites (tertiary alicyclic amines) is 1. The summed E-state index contributed by atoms with van der Waals surface area (Å²) in [6, 6.07) is 1.08. The SMILES string of the molecule is CC(C(=O)NC1CCCCC1)N1CC2CCCNC2C1. The first-order valence-corrected chi connectivity index (χ1v) is 8.52. The summed E-state index contributed by atoms with van der Waals surface area (Å²) in [6.07, 6.45) is 8.84. The van der Waals surface area contributed by atoms with E-state index in [1.807, 2.05) is 0 Å². The fourth-order valence-corrected chi connectivity index (χ4v) is 4.13. The van der Waals surface area contributed by atoms with E-state index in [0.29, 0.717) is 12.1 Å². The van der Waals surface area contributed by atoms with Crippen molar-refractivity contribution in [3.63, 3.8) is 0 Å². The molecule has 0 radical (unpaired) electrons. The van der Waals surface area contributed by atoms with E-state index >= 15 is 0 Å². The van der Waals surface area contributed by atoms with Gasteiger partial charge in [-0.05, 0) is 45.1 Å². The molecule has 2 aliphatic heterocycles. The molecule has 1 saturated carbocycles. The molecule has 3 rings (SSSR count). The van der Waals surface area contributed by atoms with E-state index < -0.39 is 0 Å². The fraction of sp³-hybridized carbons (Fsp3) is 0.938. The van der Waals surface area contributed by atoms with Crippen LogP contribution in [0.2, 0.25) is 0 Å². The average molecular weight is 279 g/mol. The fourth-order valence-electron chi connectivity index (χ4n) is 4.13. The van der Waals surface area contributed by atoms with E-state index in [9.17, 15) is 4.79 Å². The molecule has 0 bridgehead atoms. The predicted octanol–water partition coefficient (Wildman–Crippen LogP) is 1.51. The number of carbonyl (C=O) groups excluding carboxylic acids is 1. The molecule has 3 aliphatic rings. The van der Waals surface area contributed by atoms with Crippen molar-refractivity contribution in [2.75, 3.05) is 19.6 Å². The molecule has 4 nitrogen and oxygen atoms in total. The zero-order valence-corrected chi connectivity index (χ0v) is 12.7. The van der Waals surface area contributed by atoms with Gasteiger partial charge in [0, 0.05) is 25.2 Å². The topological polar surface area (TPSA) is 44.4 Å². The van der Waals surface area contributed by atoms with Gasteiger partial charge in [-0.1, -0.05) is 19.3 Å². The number of hydrogen-bond acceptors (Lipinski definition) is 3. The van der Waals surface area contributed by atoms with Crippen molar-refractivity contribution in [1.82, 2.24) is 15.5 Å². The van der Waals surface area contributed by atoms with Gasteiger partial charge in [0.25, 0.3) is 0 Å². The summed E-state index contributed by atoms with van der Waals surface area (Å²) in [5, 5.41) is 6.89. The van der Waals surface area contributed by atoms with Crippen LogP contribution in [-0.2, 0) is 4.79 Å². The number of nitrogens with zero attached hydrogens (tertiary/aromatic N) is 1. The van der Waals surface area contributed by atoms with Crippen LogP contribution < -0.4 is 10.6 Å². The van der Waals surface area contributed by atoms with Crippen LogP contribution in [0.4, 0.5) is 0 Å². The van der Waals surface area contributed by atoms with Crippen LogP contribution in [0.25, 0.3) is 0 Å². The Morgan fingerprint density at radius 3 is 2.70 bits per heavy atom. The Morgan fingerprint density at radius 1 is 1.15 bits per heavy atom. The van der Waals surface area contributed by atoms with Crippen molar-refractivity contribution in [2.24, 2.45) is 5.92 Å². The van der Waals surface area contributed by atoms with Crippen LogP contribution in [0.5, 0.6) is 0 Å². The molecule has 0 aromatic heterocycles. The number of carbonyl (C=O) groups is 1. The first-order chi connectivity index (χ1) is 9.74. The highest BCUT2D eigenvalue weighted by molar-refractivity contribution is 5.81. The van der Waals surface area contributed by atoms with E-state index in [1.165, 1.54) is 44.9 Å². The number of fused-ring (bicyclic) bond motifs is 1. The van der Waals surface area contributed by atoms with Gasteiger partial charge in [0.15, 0.2) is 0 Å². The molecule has 0 aromatic rings. The minimum absolute atomic E-state index is 0.0318. The molecule has 4 heteroatoms. The molecule has 114 valence electrons. The zero-order valence-electron chi connectivity index (χ0n) is 12.7. The number of amides is 1. The largest absolute Gasteiger partial charge is 0.352 e. The van der Waals surface area contributed by atoms with Crippen LogP contribution in [0, 0.1) is 5.92 Å². The van der Waals surface area contributed by atoms with Crippen LogP contribution >= 0.6 is 0 Å². The van der Waals surface area contributed by atoms with Gasteiger partial charge in [-0.3, -0.25) is 9.69 Å². The summed E-state index contributed by atoms with van der Waals surface area (Å²) in [6.45, 7) is 5.37. The van der Waals surface area contributed by atoms with Gasteiger partial charge in [-0.25, -0.2) is 0 Å². The quantitative estimate of drug-likeness (QED) is 0.823. The highest BCUT2D eigenvalue weighted by atomic mass is 16.2. The highest BCUT2D eigenvalue weighted by Gasteiger charge is 2.38. The van der Waals surface area contributed by atoms with E-state index in [0.717, 1.165) is 25.6 Å². The van der Waals surface area contributed by atoms with Gasteiger partial charge in [0.1, 0.15) is 0 Å². The normalized spacial score (nSPS) is 33.6. The molecule has 0 spiro atoms. The molecule has 3 atom stereocenters. The third-order valence-corrected chi connectivity index (χ3v) is 5.51. The molecule has 2 saturated heterocycles. The Kier molecular flexibility index (Phi) is 4.61. The smallest absolute Gasteiger partial charge is 0.237 e. The first kappa shape index (κ1) is 14.3. The van der Waals surface area contributed by atoms with E-state index in [2.05, 4.69) is 22.5 Å². The van der Waals surface area contributed by atoms with E-state index in [1.54, 1.807) is 0 Å². The lowest BCUT2D eigenvalue weighted by molar-refractivity contribution is -0.126. The Bertz CT molecular complexity index is 327. The highest BCUT2D eigenvalue weighted by Crippen LogP contribution is 2.26. The summed E-state index contributed by atoms with van der Waals surface area (Å²) < 4.78 is 0. The van der Waals surface area contributed by atoms with Gasteiger partial charge >= 0.3 is 0 Å². The molecular weight excluding hydrogens is 250 g/mol. The van der Waals surface area contributed by atoms with E-state index in [4.69, 9.17) is 0 Å². The molecule has 0 aromatic carbocycles. The Morgan fingerprint density at radius 2 is 1.95 bits per heavy atom. The molecule has 3 unspecified atom stereocenters. The molecule has 2 N–H and O–H groups in total. The minimum Gasteiger partial charge on any atom is -0.352 e. The predicted molar refractivity (Wildman–Crippen MR) is 80.6 cm³/mol. The monoisotopic (exact) mass is 279 g/mol. The van der Waals surface area contributed by atoms with Gasteiger partial charge in [0.05, 0.1) is 6.04 Å². The maximum Gasteiger partial charge on any atom is 0.237 e. The summed E-state index contributed by atoms with van der Waals surface area (Å²) >= 11 is 0. The number of nitrogens with one attached hydrogen (secondary N) is 2. The van der Waals surface area contributed by atoms with Crippen molar-refractivity contribution in [2.45, 2.75) is 70.0 Å². The number of piperidine rings is 1. The summed E-state index contributed by atoms with van der Waals surface area (Å²) in [4.78, 5) is 14.8. The third kappa shape index (κ3) is 3.17. The van der Waals surface area contributed by atoms with Crippen molar-refractivity contribution >= 4 is 5.91 Å².